The molecule has 0 aliphatic heterocycles. The molecule has 4 heteroatoms. The van der Waals surface area contributed by atoms with Crippen molar-refractivity contribution in [1.29, 1.82) is 0 Å². The molecule has 0 N–H and O–H groups in total. The van der Waals surface area contributed by atoms with Crippen LogP contribution in [0.1, 0.15) is 43.6 Å². The summed E-state index contributed by atoms with van der Waals surface area (Å²) in [5.74, 6) is -0.492. The monoisotopic (exact) mass is 277 g/mol. The minimum Gasteiger partial charge on any atom is -0.465 e. The van der Waals surface area contributed by atoms with Crippen LogP contribution in [-0.2, 0) is 16.0 Å². The molecule has 1 aromatic rings. The average molecular weight is 277 g/mol. The maximum atomic E-state index is 12.6. The first-order chi connectivity index (χ1) is 9.51. The largest absolute Gasteiger partial charge is 0.465 e. The summed E-state index contributed by atoms with van der Waals surface area (Å²) in [5.41, 5.74) is 1.65. The van der Waals surface area contributed by atoms with E-state index in [0.717, 1.165) is 12.0 Å². The van der Waals surface area contributed by atoms with Crippen molar-refractivity contribution in [3.05, 3.63) is 35.4 Å². The Morgan fingerprint density at radius 3 is 2.40 bits per heavy atom. The van der Waals surface area contributed by atoms with E-state index in [-0.39, 0.29) is 24.5 Å². The molecule has 0 aromatic heterocycles. The van der Waals surface area contributed by atoms with Gasteiger partial charge in [-0.15, -0.1) is 0 Å². The number of benzene rings is 1. The molecule has 0 unspecified atom stereocenters. The predicted molar refractivity (Wildman–Crippen MR) is 78.6 cm³/mol. The Hall–Kier alpha value is -1.84. The quantitative estimate of drug-likeness (QED) is 0.751. The Morgan fingerprint density at radius 2 is 1.85 bits per heavy atom. The number of esters is 1. The van der Waals surface area contributed by atoms with Crippen molar-refractivity contribution in [2.75, 3.05) is 13.2 Å². The molecule has 0 spiro atoms. The van der Waals surface area contributed by atoms with Gasteiger partial charge >= 0.3 is 5.97 Å². The first-order valence-corrected chi connectivity index (χ1v) is 7.05. The standard InChI is InChI=1S/C16H23NO3/c1-5-13-9-7-8-10-14(13)16(19)17(12(3)4)11-15(18)20-6-2/h7-10,12H,5-6,11H2,1-4H3. The third-order valence-electron chi connectivity index (χ3n) is 3.12. The van der Waals surface area contributed by atoms with Crippen LogP contribution in [-0.4, -0.2) is 36.0 Å². The summed E-state index contributed by atoms with van der Waals surface area (Å²) in [6.07, 6.45) is 0.785. The second-order valence-corrected chi connectivity index (χ2v) is 4.84. The van der Waals surface area contributed by atoms with Crippen LogP contribution < -0.4 is 0 Å². The SMILES string of the molecule is CCOC(=O)CN(C(=O)c1ccccc1CC)C(C)C. The van der Waals surface area contributed by atoms with Crippen molar-refractivity contribution in [2.24, 2.45) is 0 Å². The molecule has 1 rings (SSSR count). The molecule has 20 heavy (non-hydrogen) atoms. The van der Waals surface area contributed by atoms with E-state index in [1.807, 2.05) is 45.0 Å². The third-order valence-corrected chi connectivity index (χ3v) is 3.12. The Labute approximate surface area is 120 Å². The molecule has 110 valence electrons. The summed E-state index contributed by atoms with van der Waals surface area (Å²) < 4.78 is 4.93. The minimum absolute atomic E-state index is 0.0115. The van der Waals surface area contributed by atoms with Crippen LogP contribution in [0.15, 0.2) is 24.3 Å². The number of nitrogens with zero attached hydrogens (tertiary/aromatic N) is 1. The number of amides is 1. The zero-order chi connectivity index (χ0) is 15.1. The Balaban J connectivity index is 2.97. The van der Waals surface area contributed by atoms with Gasteiger partial charge in [-0.05, 0) is 38.8 Å². The zero-order valence-electron chi connectivity index (χ0n) is 12.7. The van der Waals surface area contributed by atoms with Crippen LogP contribution in [0.5, 0.6) is 0 Å². The average Bonchev–Trinajstić information content (AvgIpc) is 2.44. The van der Waals surface area contributed by atoms with E-state index in [0.29, 0.717) is 12.2 Å². The lowest BCUT2D eigenvalue weighted by Gasteiger charge is -2.26. The van der Waals surface area contributed by atoms with Gasteiger partial charge in [-0.2, -0.15) is 0 Å². The molecule has 0 radical (unpaired) electrons. The smallest absolute Gasteiger partial charge is 0.325 e. The summed E-state index contributed by atoms with van der Waals surface area (Å²) in [6.45, 7) is 7.87. The summed E-state index contributed by atoms with van der Waals surface area (Å²) in [4.78, 5) is 25.8. The van der Waals surface area contributed by atoms with E-state index >= 15 is 0 Å². The van der Waals surface area contributed by atoms with Gasteiger partial charge < -0.3 is 9.64 Å². The number of hydrogen-bond acceptors (Lipinski definition) is 3. The van der Waals surface area contributed by atoms with Gasteiger partial charge in [-0.3, -0.25) is 9.59 Å². The molecule has 1 amide bonds. The van der Waals surface area contributed by atoms with Crippen LogP contribution in [0.25, 0.3) is 0 Å². The van der Waals surface area contributed by atoms with Crippen molar-refractivity contribution >= 4 is 11.9 Å². The maximum absolute atomic E-state index is 12.6. The van der Waals surface area contributed by atoms with E-state index in [9.17, 15) is 9.59 Å². The van der Waals surface area contributed by atoms with Gasteiger partial charge in [0.05, 0.1) is 6.61 Å². The molecule has 4 nitrogen and oxygen atoms in total. The fourth-order valence-electron chi connectivity index (χ4n) is 2.03. The zero-order valence-corrected chi connectivity index (χ0v) is 12.7. The fourth-order valence-corrected chi connectivity index (χ4v) is 2.03. The number of ether oxygens (including phenoxy) is 1. The lowest BCUT2D eigenvalue weighted by Crippen LogP contribution is -2.41. The highest BCUT2D eigenvalue weighted by molar-refractivity contribution is 5.97. The van der Waals surface area contributed by atoms with Crippen LogP contribution in [0.3, 0.4) is 0 Å². The van der Waals surface area contributed by atoms with E-state index in [4.69, 9.17) is 4.74 Å². The normalized spacial score (nSPS) is 10.4. The molecule has 0 aliphatic carbocycles. The summed E-state index contributed by atoms with van der Waals surface area (Å²) in [6, 6.07) is 7.45. The molecular formula is C16H23NO3. The third kappa shape index (κ3) is 4.08. The van der Waals surface area contributed by atoms with Crippen molar-refractivity contribution in [2.45, 2.75) is 40.2 Å². The van der Waals surface area contributed by atoms with Crippen molar-refractivity contribution in [3.63, 3.8) is 0 Å². The van der Waals surface area contributed by atoms with E-state index in [2.05, 4.69) is 0 Å². The van der Waals surface area contributed by atoms with Gasteiger partial charge in [0, 0.05) is 11.6 Å². The van der Waals surface area contributed by atoms with Gasteiger partial charge in [-0.25, -0.2) is 0 Å². The second kappa shape index (κ2) is 7.68. The number of carbonyl (C=O) groups is 2. The van der Waals surface area contributed by atoms with E-state index in [1.54, 1.807) is 11.8 Å². The minimum atomic E-state index is -0.372. The van der Waals surface area contributed by atoms with Gasteiger partial charge in [0.1, 0.15) is 6.54 Å². The molecule has 0 atom stereocenters. The van der Waals surface area contributed by atoms with Crippen molar-refractivity contribution in [1.82, 2.24) is 4.90 Å². The van der Waals surface area contributed by atoms with Crippen LogP contribution >= 0.6 is 0 Å². The predicted octanol–water partition coefficient (Wildman–Crippen LogP) is 2.66. The molecule has 0 aliphatic rings. The first kappa shape index (κ1) is 16.2. The van der Waals surface area contributed by atoms with Crippen molar-refractivity contribution in [3.8, 4) is 0 Å². The summed E-state index contributed by atoms with van der Waals surface area (Å²) in [7, 11) is 0. The first-order valence-electron chi connectivity index (χ1n) is 7.05. The molecule has 0 bridgehead atoms. The van der Waals surface area contributed by atoms with Gasteiger partial charge in [0.15, 0.2) is 0 Å². The van der Waals surface area contributed by atoms with E-state index < -0.39 is 0 Å². The van der Waals surface area contributed by atoms with E-state index in [1.165, 1.54) is 0 Å². The van der Waals surface area contributed by atoms with Crippen LogP contribution in [0.4, 0.5) is 0 Å². The highest BCUT2D eigenvalue weighted by Gasteiger charge is 2.23. The highest BCUT2D eigenvalue weighted by atomic mass is 16.5. The number of aryl methyl sites for hydroxylation is 1. The summed E-state index contributed by atoms with van der Waals surface area (Å²) >= 11 is 0. The Morgan fingerprint density at radius 1 is 1.20 bits per heavy atom. The summed E-state index contributed by atoms with van der Waals surface area (Å²) in [5, 5.41) is 0. The maximum Gasteiger partial charge on any atom is 0.325 e. The second-order valence-electron chi connectivity index (χ2n) is 4.84. The number of carbonyl (C=O) groups excluding carboxylic acids is 2. The molecular weight excluding hydrogens is 254 g/mol. The Kier molecular flexibility index (Phi) is 6.22. The molecule has 0 saturated heterocycles. The van der Waals surface area contributed by atoms with Gasteiger partial charge in [0.25, 0.3) is 5.91 Å². The van der Waals surface area contributed by atoms with Crippen LogP contribution in [0, 0.1) is 0 Å². The Bertz CT molecular complexity index is 469. The molecule has 0 saturated carbocycles. The fraction of sp³-hybridized carbons (Fsp3) is 0.500. The molecule has 0 fully saturated rings. The van der Waals surface area contributed by atoms with Crippen molar-refractivity contribution < 1.29 is 14.3 Å². The topological polar surface area (TPSA) is 46.6 Å². The van der Waals surface area contributed by atoms with Gasteiger partial charge in [0.2, 0.25) is 0 Å². The lowest BCUT2D eigenvalue weighted by molar-refractivity contribution is -0.144. The molecule has 1 aromatic carbocycles. The molecule has 0 heterocycles. The number of rotatable bonds is 6. The van der Waals surface area contributed by atoms with Crippen LogP contribution in [0.2, 0.25) is 0 Å². The highest BCUT2D eigenvalue weighted by Crippen LogP contribution is 2.14. The lowest BCUT2D eigenvalue weighted by atomic mass is 10.0. The number of hydrogen-bond donors (Lipinski definition) is 0. The van der Waals surface area contributed by atoms with Gasteiger partial charge in [-0.1, -0.05) is 25.1 Å².